The van der Waals surface area contributed by atoms with Crippen LogP contribution in [0, 0.1) is 5.92 Å². The van der Waals surface area contributed by atoms with E-state index in [1.54, 1.807) is 4.90 Å². The van der Waals surface area contributed by atoms with E-state index in [0.717, 1.165) is 10.2 Å². The number of rotatable bonds is 5. The van der Waals surface area contributed by atoms with Gasteiger partial charge < -0.3 is 15.3 Å². The SMILES string of the molecule is O=C(NCCCO)[C@H]1CC(=O)N(c2cccc(Br)c2)C1. The fraction of sp³-hybridized carbons (Fsp3) is 0.429. The van der Waals surface area contributed by atoms with E-state index >= 15 is 0 Å². The third-order valence-electron chi connectivity index (χ3n) is 3.25. The summed E-state index contributed by atoms with van der Waals surface area (Å²) in [6, 6.07) is 7.48. The first-order valence-corrected chi connectivity index (χ1v) is 7.35. The van der Waals surface area contributed by atoms with Crippen molar-refractivity contribution >= 4 is 33.4 Å². The van der Waals surface area contributed by atoms with E-state index in [4.69, 9.17) is 5.11 Å². The van der Waals surface area contributed by atoms with Crippen molar-refractivity contribution in [2.45, 2.75) is 12.8 Å². The molecule has 2 N–H and O–H groups in total. The normalized spacial score (nSPS) is 18.4. The van der Waals surface area contributed by atoms with Crippen LogP contribution in [0.25, 0.3) is 0 Å². The maximum absolute atomic E-state index is 12.0. The molecule has 1 aliphatic heterocycles. The number of aliphatic hydroxyl groups excluding tert-OH is 1. The van der Waals surface area contributed by atoms with Crippen molar-refractivity contribution in [3.8, 4) is 0 Å². The van der Waals surface area contributed by atoms with Crippen molar-refractivity contribution in [2.75, 3.05) is 24.6 Å². The van der Waals surface area contributed by atoms with Crippen molar-refractivity contribution in [1.29, 1.82) is 0 Å². The van der Waals surface area contributed by atoms with E-state index in [9.17, 15) is 9.59 Å². The highest BCUT2D eigenvalue weighted by atomic mass is 79.9. The standard InChI is InChI=1S/C14H17BrN2O3/c15-11-3-1-4-12(8-11)17-9-10(7-13(17)19)14(20)16-5-2-6-18/h1,3-4,8,10,18H,2,5-7,9H2,(H,16,20)/t10-/m0/s1. The predicted octanol–water partition coefficient (Wildman–Crippen LogP) is 1.30. The Morgan fingerprint density at radius 1 is 1.50 bits per heavy atom. The zero-order valence-corrected chi connectivity index (χ0v) is 12.6. The summed E-state index contributed by atoms with van der Waals surface area (Å²) in [5.41, 5.74) is 0.801. The van der Waals surface area contributed by atoms with Crippen LogP contribution in [0.5, 0.6) is 0 Å². The molecule has 0 radical (unpaired) electrons. The average Bonchev–Trinajstić information content (AvgIpc) is 2.81. The van der Waals surface area contributed by atoms with Gasteiger partial charge in [0.2, 0.25) is 11.8 Å². The second-order valence-electron chi connectivity index (χ2n) is 4.75. The van der Waals surface area contributed by atoms with Crippen LogP contribution in [0.2, 0.25) is 0 Å². The third kappa shape index (κ3) is 3.58. The van der Waals surface area contributed by atoms with E-state index in [1.165, 1.54) is 0 Å². The Balaban J connectivity index is 1.98. The summed E-state index contributed by atoms with van der Waals surface area (Å²) < 4.78 is 0.902. The van der Waals surface area contributed by atoms with Gasteiger partial charge in [-0.05, 0) is 24.6 Å². The van der Waals surface area contributed by atoms with Crippen LogP contribution in [-0.2, 0) is 9.59 Å². The monoisotopic (exact) mass is 340 g/mol. The molecule has 108 valence electrons. The summed E-state index contributed by atoms with van der Waals surface area (Å²) in [6.45, 7) is 0.894. The molecule has 0 aromatic heterocycles. The van der Waals surface area contributed by atoms with E-state index in [-0.39, 0.29) is 30.8 Å². The quantitative estimate of drug-likeness (QED) is 0.794. The van der Waals surface area contributed by atoms with Crippen LogP contribution in [0.15, 0.2) is 28.7 Å². The molecule has 0 aliphatic carbocycles. The molecule has 0 unspecified atom stereocenters. The van der Waals surface area contributed by atoms with Crippen LogP contribution >= 0.6 is 15.9 Å². The van der Waals surface area contributed by atoms with Gasteiger partial charge in [0.1, 0.15) is 0 Å². The van der Waals surface area contributed by atoms with E-state index in [2.05, 4.69) is 21.2 Å². The van der Waals surface area contributed by atoms with Gasteiger partial charge in [0.05, 0.1) is 5.92 Å². The molecule has 0 saturated carbocycles. The number of carbonyl (C=O) groups excluding carboxylic acids is 2. The largest absolute Gasteiger partial charge is 0.396 e. The number of amides is 2. The molecule has 1 fully saturated rings. The molecule has 1 atom stereocenters. The lowest BCUT2D eigenvalue weighted by Crippen LogP contribution is -2.33. The summed E-state index contributed by atoms with van der Waals surface area (Å²) in [6.07, 6.45) is 0.763. The lowest BCUT2D eigenvalue weighted by atomic mass is 10.1. The maximum atomic E-state index is 12.0. The Morgan fingerprint density at radius 2 is 2.30 bits per heavy atom. The summed E-state index contributed by atoms with van der Waals surface area (Å²) in [5.74, 6) is -0.477. The van der Waals surface area contributed by atoms with Crippen molar-refractivity contribution in [2.24, 2.45) is 5.92 Å². The minimum Gasteiger partial charge on any atom is -0.396 e. The molecule has 0 spiro atoms. The van der Waals surface area contributed by atoms with Gasteiger partial charge in [-0.15, -0.1) is 0 Å². The van der Waals surface area contributed by atoms with Gasteiger partial charge >= 0.3 is 0 Å². The lowest BCUT2D eigenvalue weighted by molar-refractivity contribution is -0.126. The molecular formula is C14H17BrN2O3. The minimum atomic E-state index is -0.319. The number of nitrogens with zero attached hydrogens (tertiary/aromatic N) is 1. The Morgan fingerprint density at radius 3 is 3.00 bits per heavy atom. The number of hydrogen-bond donors (Lipinski definition) is 2. The molecule has 2 amide bonds. The average molecular weight is 341 g/mol. The summed E-state index contributed by atoms with van der Waals surface area (Å²) >= 11 is 3.37. The van der Waals surface area contributed by atoms with Crippen LogP contribution in [-0.4, -0.2) is 36.6 Å². The van der Waals surface area contributed by atoms with Crippen molar-refractivity contribution in [3.05, 3.63) is 28.7 Å². The highest BCUT2D eigenvalue weighted by Crippen LogP contribution is 2.27. The molecule has 1 saturated heterocycles. The molecule has 1 aromatic rings. The second kappa shape index (κ2) is 6.85. The molecule has 1 heterocycles. The van der Waals surface area contributed by atoms with Crippen LogP contribution < -0.4 is 10.2 Å². The molecule has 1 aromatic carbocycles. The highest BCUT2D eigenvalue weighted by molar-refractivity contribution is 9.10. The number of benzene rings is 1. The van der Waals surface area contributed by atoms with Crippen LogP contribution in [0.4, 0.5) is 5.69 Å². The first kappa shape index (κ1) is 15.0. The molecule has 2 rings (SSSR count). The highest BCUT2D eigenvalue weighted by Gasteiger charge is 2.34. The Bertz CT molecular complexity index is 507. The second-order valence-corrected chi connectivity index (χ2v) is 5.67. The fourth-order valence-corrected chi connectivity index (χ4v) is 2.60. The number of anilines is 1. The predicted molar refractivity (Wildman–Crippen MR) is 79.3 cm³/mol. The zero-order valence-electron chi connectivity index (χ0n) is 11.0. The molecule has 6 heteroatoms. The smallest absolute Gasteiger partial charge is 0.227 e. The Kier molecular flexibility index (Phi) is 5.14. The van der Waals surface area contributed by atoms with E-state index in [1.807, 2.05) is 24.3 Å². The first-order chi connectivity index (χ1) is 9.61. The maximum Gasteiger partial charge on any atom is 0.227 e. The molecule has 0 bridgehead atoms. The Labute approximate surface area is 126 Å². The number of halogens is 1. The number of nitrogens with one attached hydrogen (secondary N) is 1. The number of hydrogen-bond acceptors (Lipinski definition) is 3. The topological polar surface area (TPSA) is 69.6 Å². The summed E-state index contributed by atoms with van der Waals surface area (Å²) in [5, 5.41) is 11.4. The van der Waals surface area contributed by atoms with E-state index < -0.39 is 0 Å². The lowest BCUT2D eigenvalue weighted by Gasteiger charge is -2.17. The van der Waals surface area contributed by atoms with Crippen molar-refractivity contribution in [3.63, 3.8) is 0 Å². The molecule has 20 heavy (non-hydrogen) atoms. The van der Waals surface area contributed by atoms with Gasteiger partial charge in [-0.2, -0.15) is 0 Å². The fourth-order valence-electron chi connectivity index (χ4n) is 2.21. The van der Waals surface area contributed by atoms with Crippen molar-refractivity contribution in [1.82, 2.24) is 5.32 Å². The van der Waals surface area contributed by atoms with Crippen LogP contribution in [0.1, 0.15) is 12.8 Å². The van der Waals surface area contributed by atoms with Crippen molar-refractivity contribution < 1.29 is 14.7 Å². The minimum absolute atomic E-state index is 0.0367. The van der Waals surface area contributed by atoms with Gasteiger partial charge in [0.15, 0.2) is 0 Å². The van der Waals surface area contributed by atoms with Crippen LogP contribution in [0.3, 0.4) is 0 Å². The Hall–Kier alpha value is -1.40. The summed E-state index contributed by atoms with van der Waals surface area (Å²) in [7, 11) is 0. The number of carbonyl (C=O) groups is 2. The van der Waals surface area contributed by atoms with Gasteiger partial charge in [0.25, 0.3) is 0 Å². The van der Waals surface area contributed by atoms with Gasteiger partial charge in [0, 0.05) is 36.3 Å². The first-order valence-electron chi connectivity index (χ1n) is 6.56. The molecule has 5 nitrogen and oxygen atoms in total. The van der Waals surface area contributed by atoms with Gasteiger partial charge in [-0.1, -0.05) is 22.0 Å². The van der Waals surface area contributed by atoms with E-state index in [0.29, 0.717) is 19.5 Å². The van der Waals surface area contributed by atoms with Gasteiger partial charge in [-0.25, -0.2) is 0 Å². The molecule has 1 aliphatic rings. The summed E-state index contributed by atoms with van der Waals surface area (Å²) in [4.78, 5) is 25.6. The van der Waals surface area contributed by atoms with Gasteiger partial charge in [-0.3, -0.25) is 9.59 Å². The zero-order chi connectivity index (χ0) is 14.5. The number of aliphatic hydroxyl groups is 1. The third-order valence-corrected chi connectivity index (χ3v) is 3.74. The molecular weight excluding hydrogens is 324 g/mol.